The van der Waals surface area contributed by atoms with E-state index in [-0.39, 0.29) is 11.6 Å². The van der Waals surface area contributed by atoms with Crippen molar-refractivity contribution in [2.45, 2.75) is 25.4 Å². The molecule has 2 heteroatoms. The molecular formula is C8H14N2. The Morgan fingerprint density at radius 1 is 1.60 bits per heavy atom. The maximum absolute atomic E-state index is 5.83. The minimum atomic E-state index is -0.362. The SMILES string of the molecule is CC1=CC(N)C(C)(N)C=C1. The van der Waals surface area contributed by atoms with E-state index in [0.717, 1.165) is 0 Å². The molecule has 0 bridgehead atoms. The van der Waals surface area contributed by atoms with Crippen molar-refractivity contribution in [1.82, 2.24) is 0 Å². The summed E-state index contributed by atoms with van der Waals surface area (Å²) < 4.78 is 0. The molecule has 0 aliphatic heterocycles. The summed E-state index contributed by atoms with van der Waals surface area (Å²) in [5.41, 5.74) is 12.4. The molecule has 0 fully saturated rings. The largest absolute Gasteiger partial charge is 0.323 e. The number of allylic oxidation sites excluding steroid dienone is 2. The highest BCUT2D eigenvalue weighted by atomic mass is 14.8. The molecule has 0 saturated heterocycles. The predicted molar refractivity (Wildman–Crippen MR) is 43.5 cm³/mol. The van der Waals surface area contributed by atoms with Crippen molar-refractivity contribution in [3.8, 4) is 0 Å². The van der Waals surface area contributed by atoms with Crippen molar-refractivity contribution in [2.24, 2.45) is 11.5 Å². The van der Waals surface area contributed by atoms with Gasteiger partial charge in [0.2, 0.25) is 0 Å². The average Bonchev–Trinajstić information content (AvgIpc) is 1.81. The Kier molecular flexibility index (Phi) is 1.67. The van der Waals surface area contributed by atoms with E-state index in [1.54, 1.807) is 0 Å². The van der Waals surface area contributed by atoms with E-state index >= 15 is 0 Å². The van der Waals surface area contributed by atoms with Crippen molar-refractivity contribution in [3.63, 3.8) is 0 Å². The molecule has 0 aromatic rings. The monoisotopic (exact) mass is 138 g/mol. The van der Waals surface area contributed by atoms with Gasteiger partial charge in [-0.3, -0.25) is 0 Å². The van der Waals surface area contributed by atoms with Gasteiger partial charge in [-0.1, -0.05) is 23.8 Å². The molecule has 0 amide bonds. The molecule has 0 spiro atoms. The molecule has 0 saturated carbocycles. The van der Waals surface area contributed by atoms with Gasteiger partial charge in [0.05, 0.1) is 5.54 Å². The minimum Gasteiger partial charge on any atom is -0.323 e. The lowest BCUT2D eigenvalue weighted by Gasteiger charge is -2.29. The Balaban J connectivity index is 2.84. The standard InChI is InChI=1S/C8H14N2/c1-6-3-4-8(2,10)7(9)5-6/h3-5,7H,9-10H2,1-2H3. The van der Waals surface area contributed by atoms with Crippen molar-refractivity contribution >= 4 is 0 Å². The third kappa shape index (κ3) is 1.28. The Morgan fingerprint density at radius 3 is 2.60 bits per heavy atom. The normalized spacial score (nSPS) is 39.6. The van der Waals surface area contributed by atoms with Gasteiger partial charge < -0.3 is 11.5 Å². The van der Waals surface area contributed by atoms with Crippen LogP contribution in [0.5, 0.6) is 0 Å². The van der Waals surface area contributed by atoms with Crippen LogP contribution in [0.2, 0.25) is 0 Å². The van der Waals surface area contributed by atoms with E-state index in [2.05, 4.69) is 0 Å². The van der Waals surface area contributed by atoms with Gasteiger partial charge in [0.1, 0.15) is 0 Å². The summed E-state index contributed by atoms with van der Waals surface area (Å²) in [5, 5.41) is 0. The molecule has 56 valence electrons. The lowest BCUT2D eigenvalue weighted by molar-refractivity contribution is 0.512. The van der Waals surface area contributed by atoms with Crippen LogP contribution in [0.3, 0.4) is 0 Å². The fourth-order valence-corrected chi connectivity index (χ4v) is 0.940. The quantitative estimate of drug-likeness (QED) is 0.513. The lowest BCUT2D eigenvalue weighted by atomic mass is 9.88. The highest BCUT2D eigenvalue weighted by Crippen LogP contribution is 2.16. The minimum absolute atomic E-state index is 0.0440. The van der Waals surface area contributed by atoms with Gasteiger partial charge in [0.25, 0.3) is 0 Å². The van der Waals surface area contributed by atoms with Crippen molar-refractivity contribution in [2.75, 3.05) is 0 Å². The van der Waals surface area contributed by atoms with E-state index < -0.39 is 0 Å². The smallest absolute Gasteiger partial charge is 0.0503 e. The number of hydrogen-bond donors (Lipinski definition) is 2. The molecule has 1 aliphatic carbocycles. The van der Waals surface area contributed by atoms with Gasteiger partial charge in [0.15, 0.2) is 0 Å². The summed E-state index contributed by atoms with van der Waals surface area (Å²) in [4.78, 5) is 0. The summed E-state index contributed by atoms with van der Waals surface area (Å²) in [5.74, 6) is 0. The summed E-state index contributed by atoms with van der Waals surface area (Å²) in [7, 11) is 0. The van der Waals surface area contributed by atoms with Gasteiger partial charge >= 0.3 is 0 Å². The van der Waals surface area contributed by atoms with Crippen LogP contribution >= 0.6 is 0 Å². The molecule has 1 rings (SSSR count). The second-order valence-electron chi connectivity index (χ2n) is 3.14. The molecule has 2 atom stereocenters. The first-order chi connectivity index (χ1) is 4.52. The fourth-order valence-electron chi connectivity index (χ4n) is 0.940. The first-order valence-electron chi connectivity index (χ1n) is 3.44. The lowest BCUT2D eigenvalue weighted by Crippen LogP contribution is -2.51. The summed E-state index contributed by atoms with van der Waals surface area (Å²) in [6.45, 7) is 3.95. The number of hydrogen-bond acceptors (Lipinski definition) is 2. The van der Waals surface area contributed by atoms with E-state index in [1.807, 2.05) is 32.1 Å². The number of rotatable bonds is 0. The zero-order valence-electron chi connectivity index (χ0n) is 6.46. The molecule has 1 aliphatic rings. The third-order valence-corrected chi connectivity index (χ3v) is 1.87. The molecule has 2 unspecified atom stereocenters. The maximum atomic E-state index is 5.83. The molecule has 2 nitrogen and oxygen atoms in total. The van der Waals surface area contributed by atoms with Crippen LogP contribution in [0, 0.1) is 0 Å². The zero-order chi connectivity index (χ0) is 7.78. The first-order valence-corrected chi connectivity index (χ1v) is 3.44. The van der Waals surface area contributed by atoms with Gasteiger partial charge in [0, 0.05) is 6.04 Å². The molecular weight excluding hydrogens is 124 g/mol. The van der Waals surface area contributed by atoms with E-state index in [1.165, 1.54) is 5.57 Å². The van der Waals surface area contributed by atoms with Gasteiger partial charge in [-0.2, -0.15) is 0 Å². The Hall–Kier alpha value is -0.600. The Bertz CT molecular complexity index is 189. The van der Waals surface area contributed by atoms with E-state index in [0.29, 0.717) is 0 Å². The molecule has 0 aromatic heterocycles. The van der Waals surface area contributed by atoms with Crippen LogP contribution in [0.1, 0.15) is 13.8 Å². The van der Waals surface area contributed by atoms with E-state index in [4.69, 9.17) is 11.5 Å². The van der Waals surface area contributed by atoms with Crippen LogP contribution in [0.15, 0.2) is 23.8 Å². The molecule has 4 N–H and O–H groups in total. The van der Waals surface area contributed by atoms with Crippen LogP contribution < -0.4 is 11.5 Å². The topological polar surface area (TPSA) is 52.0 Å². The van der Waals surface area contributed by atoms with E-state index in [9.17, 15) is 0 Å². The number of nitrogens with two attached hydrogens (primary N) is 2. The van der Waals surface area contributed by atoms with Crippen LogP contribution in [-0.4, -0.2) is 11.6 Å². The van der Waals surface area contributed by atoms with Gasteiger partial charge in [-0.05, 0) is 13.8 Å². The zero-order valence-corrected chi connectivity index (χ0v) is 6.46. The summed E-state index contributed by atoms with van der Waals surface area (Å²) in [6, 6.07) is -0.0440. The predicted octanol–water partition coefficient (Wildman–Crippen LogP) is 0.547. The summed E-state index contributed by atoms with van der Waals surface area (Å²) in [6.07, 6.45) is 5.94. The second kappa shape index (κ2) is 2.22. The van der Waals surface area contributed by atoms with Crippen LogP contribution in [0.25, 0.3) is 0 Å². The Morgan fingerprint density at radius 2 is 2.20 bits per heavy atom. The van der Waals surface area contributed by atoms with Gasteiger partial charge in [-0.15, -0.1) is 0 Å². The molecule has 0 aromatic carbocycles. The summed E-state index contributed by atoms with van der Waals surface area (Å²) >= 11 is 0. The fraction of sp³-hybridized carbons (Fsp3) is 0.500. The highest BCUT2D eigenvalue weighted by Gasteiger charge is 2.24. The Labute approximate surface area is 61.6 Å². The maximum Gasteiger partial charge on any atom is 0.0503 e. The van der Waals surface area contributed by atoms with Crippen molar-refractivity contribution in [1.29, 1.82) is 0 Å². The molecule has 0 radical (unpaired) electrons. The van der Waals surface area contributed by atoms with Crippen molar-refractivity contribution in [3.05, 3.63) is 23.8 Å². The second-order valence-corrected chi connectivity index (χ2v) is 3.14. The average molecular weight is 138 g/mol. The first kappa shape index (κ1) is 7.51. The van der Waals surface area contributed by atoms with Crippen LogP contribution in [-0.2, 0) is 0 Å². The highest BCUT2D eigenvalue weighted by molar-refractivity contribution is 5.31. The third-order valence-electron chi connectivity index (χ3n) is 1.87. The van der Waals surface area contributed by atoms with Crippen molar-refractivity contribution < 1.29 is 0 Å². The van der Waals surface area contributed by atoms with Gasteiger partial charge in [-0.25, -0.2) is 0 Å². The molecule has 10 heavy (non-hydrogen) atoms. The van der Waals surface area contributed by atoms with Crippen LogP contribution in [0.4, 0.5) is 0 Å². The molecule has 0 heterocycles.